The van der Waals surface area contributed by atoms with Gasteiger partial charge in [0.2, 0.25) is 5.91 Å². The van der Waals surface area contributed by atoms with Crippen LogP contribution in [-0.4, -0.2) is 29.3 Å². The Bertz CT molecular complexity index is 406. The summed E-state index contributed by atoms with van der Waals surface area (Å²) >= 11 is 1.34. The van der Waals surface area contributed by atoms with E-state index in [4.69, 9.17) is 5.11 Å². The molecule has 5 heteroatoms. The summed E-state index contributed by atoms with van der Waals surface area (Å²) in [5, 5.41) is 11.6. The van der Waals surface area contributed by atoms with Crippen molar-refractivity contribution in [1.29, 1.82) is 0 Å². The number of hydrogen-bond donors (Lipinski definition) is 2. The molecule has 0 aliphatic carbocycles. The zero-order valence-electron chi connectivity index (χ0n) is 9.60. The Morgan fingerprint density at radius 2 is 2.18 bits per heavy atom. The number of benzene rings is 1. The van der Waals surface area contributed by atoms with Gasteiger partial charge >= 0.3 is 5.97 Å². The number of amides is 1. The van der Waals surface area contributed by atoms with Crippen LogP contribution in [0.25, 0.3) is 0 Å². The lowest BCUT2D eigenvalue weighted by Crippen LogP contribution is -2.25. The van der Waals surface area contributed by atoms with Crippen LogP contribution < -0.4 is 5.32 Å². The third-order valence-electron chi connectivity index (χ3n) is 2.02. The Balaban J connectivity index is 2.49. The van der Waals surface area contributed by atoms with Gasteiger partial charge in [-0.15, -0.1) is 11.8 Å². The lowest BCUT2D eigenvalue weighted by Gasteiger charge is -2.04. The number of aromatic carboxylic acids is 1. The van der Waals surface area contributed by atoms with Gasteiger partial charge in [0.1, 0.15) is 0 Å². The van der Waals surface area contributed by atoms with Gasteiger partial charge in [0, 0.05) is 11.4 Å². The van der Waals surface area contributed by atoms with Crippen LogP contribution >= 0.6 is 11.8 Å². The van der Waals surface area contributed by atoms with Crippen molar-refractivity contribution < 1.29 is 14.7 Å². The second-order valence-electron chi connectivity index (χ2n) is 3.47. The summed E-state index contributed by atoms with van der Waals surface area (Å²) in [5.74, 6) is -0.677. The molecule has 0 aromatic heterocycles. The number of thioether (sulfide) groups is 1. The molecule has 1 amide bonds. The topological polar surface area (TPSA) is 66.4 Å². The number of nitrogens with one attached hydrogen (secondary N) is 1. The predicted molar refractivity (Wildman–Crippen MR) is 67.4 cm³/mol. The van der Waals surface area contributed by atoms with Crippen molar-refractivity contribution >= 4 is 23.6 Å². The molecule has 0 heterocycles. The predicted octanol–water partition coefficient (Wildman–Crippen LogP) is 2.00. The highest BCUT2D eigenvalue weighted by Crippen LogP contribution is 2.18. The quantitative estimate of drug-likeness (QED) is 0.761. The molecule has 0 saturated heterocycles. The highest BCUT2D eigenvalue weighted by molar-refractivity contribution is 8.00. The zero-order valence-corrected chi connectivity index (χ0v) is 10.4. The van der Waals surface area contributed by atoms with Gasteiger partial charge < -0.3 is 10.4 Å². The SMILES string of the molecule is CCCNC(=O)CSc1cccc(C(=O)O)c1. The number of carbonyl (C=O) groups is 2. The average Bonchev–Trinajstić information content (AvgIpc) is 2.34. The Labute approximate surface area is 104 Å². The monoisotopic (exact) mass is 253 g/mol. The molecule has 0 fully saturated rings. The van der Waals surface area contributed by atoms with Crippen molar-refractivity contribution in [3.05, 3.63) is 29.8 Å². The molecular formula is C12H15NO3S. The van der Waals surface area contributed by atoms with Crippen LogP contribution in [0.1, 0.15) is 23.7 Å². The second-order valence-corrected chi connectivity index (χ2v) is 4.52. The molecule has 0 radical (unpaired) electrons. The first kappa shape index (κ1) is 13.6. The Kier molecular flexibility index (Phi) is 5.56. The van der Waals surface area contributed by atoms with E-state index in [0.717, 1.165) is 11.3 Å². The first-order chi connectivity index (χ1) is 8.13. The first-order valence-electron chi connectivity index (χ1n) is 5.36. The highest BCUT2D eigenvalue weighted by atomic mass is 32.2. The zero-order chi connectivity index (χ0) is 12.7. The average molecular weight is 253 g/mol. The number of carboxylic acids is 1. The maximum Gasteiger partial charge on any atom is 0.335 e. The van der Waals surface area contributed by atoms with Crippen molar-refractivity contribution in [3.63, 3.8) is 0 Å². The van der Waals surface area contributed by atoms with E-state index in [1.165, 1.54) is 17.8 Å². The third kappa shape index (κ3) is 4.91. The summed E-state index contributed by atoms with van der Waals surface area (Å²) in [7, 11) is 0. The van der Waals surface area contributed by atoms with Crippen LogP contribution in [0.2, 0.25) is 0 Å². The van der Waals surface area contributed by atoms with Crippen LogP contribution in [0.4, 0.5) is 0 Å². The molecule has 1 aromatic carbocycles. The molecule has 0 unspecified atom stereocenters. The van der Waals surface area contributed by atoms with Gasteiger partial charge in [-0.2, -0.15) is 0 Å². The fourth-order valence-corrected chi connectivity index (χ4v) is 1.97. The molecule has 92 valence electrons. The van der Waals surface area contributed by atoms with E-state index in [9.17, 15) is 9.59 Å². The molecule has 1 rings (SSSR count). The van der Waals surface area contributed by atoms with Gasteiger partial charge in [0.15, 0.2) is 0 Å². The van der Waals surface area contributed by atoms with E-state index in [2.05, 4.69) is 5.32 Å². The number of rotatable bonds is 6. The molecule has 0 bridgehead atoms. The number of hydrogen-bond acceptors (Lipinski definition) is 3. The van der Waals surface area contributed by atoms with E-state index in [0.29, 0.717) is 12.3 Å². The Morgan fingerprint density at radius 3 is 2.82 bits per heavy atom. The molecule has 0 saturated carbocycles. The molecule has 17 heavy (non-hydrogen) atoms. The van der Waals surface area contributed by atoms with Crippen molar-refractivity contribution in [1.82, 2.24) is 5.32 Å². The minimum Gasteiger partial charge on any atom is -0.478 e. The largest absolute Gasteiger partial charge is 0.478 e. The Hall–Kier alpha value is -1.49. The van der Waals surface area contributed by atoms with E-state index < -0.39 is 5.97 Å². The molecule has 0 spiro atoms. The summed E-state index contributed by atoms with van der Waals surface area (Å²) in [6.45, 7) is 2.66. The molecule has 0 atom stereocenters. The maximum atomic E-state index is 11.3. The van der Waals surface area contributed by atoms with E-state index >= 15 is 0 Å². The lowest BCUT2D eigenvalue weighted by molar-refractivity contribution is -0.118. The summed E-state index contributed by atoms with van der Waals surface area (Å²) in [4.78, 5) is 22.9. The third-order valence-corrected chi connectivity index (χ3v) is 3.02. The normalized spacial score (nSPS) is 9.94. The van der Waals surface area contributed by atoms with Gasteiger partial charge in [-0.25, -0.2) is 4.79 Å². The fourth-order valence-electron chi connectivity index (χ4n) is 1.18. The smallest absolute Gasteiger partial charge is 0.335 e. The van der Waals surface area contributed by atoms with E-state index in [1.807, 2.05) is 6.92 Å². The van der Waals surface area contributed by atoms with E-state index in [-0.39, 0.29) is 11.5 Å². The van der Waals surface area contributed by atoms with Crippen LogP contribution in [0, 0.1) is 0 Å². The molecular weight excluding hydrogens is 238 g/mol. The fraction of sp³-hybridized carbons (Fsp3) is 0.333. The standard InChI is InChI=1S/C12H15NO3S/c1-2-6-13-11(14)8-17-10-5-3-4-9(7-10)12(15)16/h3-5,7H,2,6,8H2,1H3,(H,13,14)(H,15,16). The highest BCUT2D eigenvalue weighted by Gasteiger charge is 2.05. The van der Waals surface area contributed by atoms with Gasteiger partial charge in [0.25, 0.3) is 0 Å². The van der Waals surface area contributed by atoms with Crippen LogP contribution in [0.15, 0.2) is 29.2 Å². The van der Waals surface area contributed by atoms with Gasteiger partial charge in [-0.1, -0.05) is 13.0 Å². The molecule has 2 N–H and O–H groups in total. The first-order valence-corrected chi connectivity index (χ1v) is 6.35. The molecule has 4 nitrogen and oxygen atoms in total. The minimum atomic E-state index is -0.956. The van der Waals surface area contributed by atoms with Crippen LogP contribution in [0.3, 0.4) is 0 Å². The Morgan fingerprint density at radius 1 is 1.41 bits per heavy atom. The van der Waals surface area contributed by atoms with Crippen molar-refractivity contribution in [2.24, 2.45) is 0 Å². The van der Waals surface area contributed by atoms with Crippen LogP contribution in [0.5, 0.6) is 0 Å². The summed E-state index contributed by atoms with van der Waals surface area (Å²) in [6.07, 6.45) is 0.908. The minimum absolute atomic E-state index is 0.0300. The summed E-state index contributed by atoms with van der Waals surface area (Å²) < 4.78 is 0. The van der Waals surface area contributed by atoms with Crippen molar-refractivity contribution in [2.75, 3.05) is 12.3 Å². The van der Waals surface area contributed by atoms with E-state index in [1.54, 1.807) is 18.2 Å². The number of carbonyl (C=O) groups excluding carboxylic acids is 1. The molecule has 1 aromatic rings. The number of carboxylic acid groups (broad SMARTS) is 1. The van der Waals surface area contributed by atoms with Gasteiger partial charge in [-0.05, 0) is 24.6 Å². The van der Waals surface area contributed by atoms with Crippen LogP contribution in [-0.2, 0) is 4.79 Å². The summed E-state index contributed by atoms with van der Waals surface area (Å²) in [5.41, 5.74) is 0.240. The van der Waals surface area contributed by atoms with Gasteiger partial charge in [-0.3, -0.25) is 4.79 Å². The molecule has 0 aliphatic rings. The van der Waals surface area contributed by atoms with Crippen molar-refractivity contribution in [2.45, 2.75) is 18.2 Å². The lowest BCUT2D eigenvalue weighted by atomic mass is 10.2. The molecule has 0 aliphatic heterocycles. The maximum absolute atomic E-state index is 11.3. The summed E-state index contributed by atoms with van der Waals surface area (Å²) in [6, 6.07) is 6.57. The second kappa shape index (κ2) is 6.96. The van der Waals surface area contributed by atoms with Gasteiger partial charge in [0.05, 0.1) is 11.3 Å². The van der Waals surface area contributed by atoms with Crippen molar-refractivity contribution in [3.8, 4) is 0 Å².